The summed E-state index contributed by atoms with van der Waals surface area (Å²) in [7, 11) is -3.73. The monoisotopic (exact) mass is 302 g/mol. The van der Waals surface area contributed by atoms with Crippen molar-refractivity contribution in [2.75, 3.05) is 13.1 Å². The molecule has 1 aromatic rings. The van der Waals surface area contributed by atoms with Crippen LogP contribution in [0.4, 0.5) is 0 Å². The Labute approximate surface area is 115 Å². The first kappa shape index (κ1) is 15.6. The molecular formula is C11H14N2O4S2. The summed E-state index contributed by atoms with van der Waals surface area (Å²) in [5.74, 6) is -1.83. The van der Waals surface area contributed by atoms with Crippen LogP contribution in [0.15, 0.2) is 16.3 Å². The van der Waals surface area contributed by atoms with E-state index in [0.29, 0.717) is 4.88 Å². The summed E-state index contributed by atoms with van der Waals surface area (Å²) >= 11 is 0.881. The number of nitriles is 1. The van der Waals surface area contributed by atoms with E-state index >= 15 is 0 Å². The highest BCUT2D eigenvalue weighted by Crippen LogP contribution is 2.24. The van der Waals surface area contributed by atoms with Crippen LogP contribution >= 0.6 is 11.3 Å². The molecule has 1 N–H and O–H groups in total. The average molecular weight is 302 g/mol. The van der Waals surface area contributed by atoms with Gasteiger partial charge in [0.2, 0.25) is 0 Å². The molecule has 1 heterocycles. The van der Waals surface area contributed by atoms with E-state index in [4.69, 9.17) is 10.4 Å². The Bertz CT molecular complexity index is 600. The highest BCUT2D eigenvalue weighted by atomic mass is 32.2. The summed E-state index contributed by atoms with van der Waals surface area (Å²) in [6.07, 6.45) is 0. The van der Waals surface area contributed by atoms with Gasteiger partial charge in [-0.05, 0) is 12.1 Å². The normalized spacial score (nSPS) is 13.2. The largest absolute Gasteiger partial charge is 0.481 e. The molecule has 6 nitrogen and oxygen atoms in total. The minimum Gasteiger partial charge on any atom is -0.481 e. The van der Waals surface area contributed by atoms with Gasteiger partial charge in [-0.15, -0.1) is 11.3 Å². The zero-order valence-corrected chi connectivity index (χ0v) is 12.2. The van der Waals surface area contributed by atoms with Gasteiger partial charge in [0.1, 0.15) is 15.2 Å². The SMILES string of the molecule is CCN(CC(C)C(=O)O)S(=O)(=O)c1ccc(C#N)s1. The van der Waals surface area contributed by atoms with Crippen molar-refractivity contribution in [3.05, 3.63) is 17.0 Å². The van der Waals surface area contributed by atoms with Gasteiger partial charge in [-0.1, -0.05) is 13.8 Å². The van der Waals surface area contributed by atoms with Crippen LogP contribution in [0.1, 0.15) is 18.7 Å². The lowest BCUT2D eigenvalue weighted by atomic mass is 10.2. The summed E-state index contributed by atoms with van der Waals surface area (Å²) in [6, 6.07) is 4.68. The second-order valence-corrected chi connectivity index (χ2v) is 7.17. The maximum atomic E-state index is 12.3. The van der Waals surface area contributed by atoms with E-state index in [9.17, 15) is 13.2 Å². The molecule has 0 aromatic carbocycles. The molecule has 104 valence electrons. The Morgan fingerprint density at radius 2 is 2.21 bits per heavy atom. The predicted molar refractivity (Wildman–Crippen MR) is 70.3 cm³/mol. The van der Waals surface area contributed by atoms with Crippen molar-refractivity contribution in [1.82, 2.24) is 4.31 Å². The van der Waals surface area contributed by atoms with Crippen LogP contribution in [0, 0.1) is 17.2 Å². The summed E-state index contributed by atoms with van der Waals surface area (Å²) in [5.41, 5.74) is 0. The molecule has 1 atom stereocenters. The molecule has 0 fully saturated rings. The van der Waals surface area contributed by atoms with Crippen molar-refractivity contribution in [2.45, 2.75) is 18.1 Å². The maximum Gasteiger partial charge on any atom is 0.307 e. The smallest absolute Gasteiger partial charge is 0.307 e. The fourth-order valence-electron chi connectivity index (χ4n) is 1.43. The van der Waals surface area contributed by atoms with Crippen LogP contribution in [-0.2, 0) is 14.8 Å². The number of hydrogen-bond donors (Lipinski definition) is 1. The van der Waals surface area contributed by atoms with Crippen molar-refractivity contribution in [3.63, 3.8) is 0 Å². The van der Waals surface area contributed by atoms with E-state index < -0.39 is 21.9 Å². The molecular weight excluding hydrogens is 288 g/mol. The van der Waals surface area contributed by atoms with Crippen LogP contribution in [0.3, 0.4) is 0 Å². The summed E-state index contributed by atoms with van der Waals surface area (Å²) in [5, 5.41) is 17.5. The first-order valence-corrected chi connectivity index (χ1v) is 7.81. The van der Waals surface area contributed by atoms with Gasteiger partial charge >= 0.3 is 5.97 Å². The van der Waals surface area contributed by atoms with E-state index in [1.165, 1.54) is 19.1 Å². The van der Waals surface area contributed by atoms with Gasteiger partial charge in [-0.3, -0.25) is 4.79 Å². The zero-order valence-electron chi connectivity index (χ0n) is 10.5. The third-order valence-electron chi connectivity index (χ3n) is 2.54. The van der Waals surface area contributed by atoms with E-state index in [1.54, 1.807) is 6.92 Å². The number of sulfonamides is 1. The summed E-state index contributed by atoms with van der Waals surface area (Å²) in [4.78, 5) is 11.1. The van der Waals surface area contributed by atoms with Gasteiger partial charge in [-0.25, -0.2) is 8.42 Å². The van der Waals surface area contributed by atoms with Crippen LogP contribution in [0.25, 0.3) is 0 Å². The molecule has 8 heteroatoms. The molecule has 0 aliphatic rings. The highest BCUT2D eigenvalue weighted by molar-refractivity contribution is 7.91. The summed E-state index contributed by atoms with van der Waals surface area (Å²) < 4.78 is 25.7. The lowest BCUT2D eigenvalue weighted by Gasteiger charge is -2.21. The molecule has 0 amide bonds. The number of carbonyl (C=O) groups is 1. The minimum atomic E-state index is -3.73. The topological polar surface area (TPSA) is 98.5 Å². The third-order valence-corrected chi connectivity index (χ3v) is 5.94. The van der Waals surface area contributed by atoms with Crippen LogP contribution < -0.4 is 0 Å². The van der Waals surface area contributed by atoms with Crippen molar-refractivity contribution >= 4 is 27.3 Å². The van der Waals surface area contributed by atoms with Gasteiger partial charge < -0.3 is 5.11 Å². The molecule has 0 aliphatic heterocycles. The fraction of sp³-hybridized carbons (Fsp3) is 0.455. The average Bonchev–Trinajstić information content (AvgIpc) is 2.84. The van der Waals surface area contributed by atoms with Crippen LogP contribution in [0.5, 0.6) is 0 Å². The first-order valence-electron chi connectivity index (χ1n) is 5.55. The highest BCUT2D eigenvalue weighted by Gasteiger charge is 2.28. The molecule has 1 rings (SSSR count). The van der Waals surface area contributed by atoms with Crippen molar-refractivity contribution in [1.29, 1.82) is 5.26 Å². The molecule has 0 saturated heterocycles. The minimum absolute atomic E-state index is 0.0588. The van der Waals surface area contributed by atoms with Crippen LogP contribution in [0.2, 0.25) is 0 Å². The Morgan fingerprint density at radius 3 is 2.63 bits per heavy atom. The van der Waals surface area contributed by atoms with E-state index in [0.717, 1.165) is 15.6 Å². The summed E-state index contributed by atoms with van der Waals surface area (Å²) in [6.45, 7) is 3.19. The van der Waals surface area contributed by atoms with Gasteiger partial charge in [0.25, 0.3) is 10.0 Å². The number of thiophene rings is 1. The van der Waals surface area contributed by atoms with Gasteiger partial charge in [0.15, 0.2) is 0 Å². The number of aliphatic carboxylic acids is 1. The Kier molecular flexibility index (Phi) is 5.05. The zero-order chi connectivity index (χ0) is 14.6. The van der Waals surface area contributed by atoms with Crippen molar-refractivity contribution < 1.29 is 18.3 Å². The Balaban J connectivity index is 3.02. The maximum absolute atomic E-state index is 12.3. The van der Waals surface area contributed by atoms with Crippen molar-refractivity contribution in [3.8, 4) is 6.07 Å². The fourth-order valence-corrected chi connectivity index (χ4v) is 4.22. The molecule has 19 heavy (non-hydrogen) atoms. The van der Waals surface area contributed by atoms with Crippen LogP contribution in [-0.4, -0.2) is 36.9 Å². The second kappa shape index (κ2) is 6.14. The number of carboxylic acids is 1. The second-order valence-electron chi connectivity index (χ2n) is 3.93. The molecule has 1 aromatic heterocycles. The molecule has 1 unspecified atom stereocenters. The van der Waals surface area contributed by atoms with E-state index in [2.05, 4.69) is 0 Å². The number of rotatable bonds is 6. The third kappa shape index (κ3) is 3.53. The standard InChI is InChI=1S/C11H14N2O4S2/c1-3-13(7-8(2)11(14)15)19(16,17)10-5-4-9(6-12)18-10/h4-5,8H,3,7H2,1-2H3,(H,14,15). The Morgan fingerprint density at radius 1 is 1.58 bits per heavy atom. The lowest BCUT2D eigenvalue weighted by Crippen LogP contribution is -2.36. The molecule has 0 aliphatic carbocycles. The predicted octanol–water partition coefficient (Wildman–Crippen LogP) is 1.35. The number of hydrogen-bond acceptors (Lipinski definition) is 5. The van der Waals surface area contributed by atoms with E-state index in [1.807, 2.05) is 6.07 Å². The van der Waals surface area contributed by atoms with Gasteiger partial charge in [-0.2, -0.15) is 9.57 Å². The number of carboxylic acid groups (broad SMARTS) is 1. The first-order chi connectivity index (χ1) is 8.82. The molecule has 0 bridgehead atoms. The van der Waals surface area contributed by atoms with Gasteiger partial charge in [0.05, 0.1) is 5.92 Å². The molecule has 0 radical (unpaired) electrons. The quantitative estimate of drug-likeness (QED) is 0.855. The van der Waals surface area contributed by atoms with E-state index in [-0.39, 0.29) is 17.3 Å². The Hall–Kier alpha value is -1.43. The molecule has 0 saturated carbocycles. The van der Waals surface area contributed by atoms with Crippen molar-refractivity contribution in [2.24, 2.45) is 5.92 Å². The van der Waals surface area contributed by atoms with Gasteiger partial charge in [0, 0.05) is 13.1 Å². The number of nitrogens with zero attached hydrogens (tertiary/aromatic N) is 2. The molecule has 0 spiro atoms. The lowest BCUT2D eigenvalue weighted by molar-refractivity contribution is -0.141.